The smallest absolute Gasteiger partial charge is 0.140 e. The number of aryl methyl sites for hydroxylation is 1. The van der Waals surface area contributed by atoms with Crippen LogP contribution in [0.3, 0.4) is 0 Å². The van der Waals surface area contributed by atoms with Crippen LogP contribution in [-0.4, -0.2) is 10.1 Å². The Bertz CT molecular complexity index is 479. The molecule has 4 heteroatoms. The van der Waals surface area contributed by atoms with Gasteiger partial charge in [0.1, 0.15) is 17.4 Å². The molecule has 1 aromatic heterocycles. The molecule has 1 aromatic carbocycles. The third-order valence-corrected chi connectivity index (χ3v) is 3.66. The number of benzene rings is 1. The van der Waals surface area contributed by atoms with E-state index in [0.29, 0.717) is 6.61 Å². The van der Waals surface area contributed by atoms with Crippen LogP contribution >= 0.6 is 11.3 Å². The number of rotatable bonds is 4. The van der Waals surface area contributed by atoms with Gasteiger partial charge in [-0.1, -0.05) is 18.2 Å². The first-order chi connectivity index (χ1) is 8.16. The molecule has 0 amide bonds. The largest absolute Gasteiger partial charge is 0.486 e. The van der Waals surface area contributed by atoms with Gasteiger partial charge in [-0.3, -0.25) is 0 Å². The molecule has 1 atom stereocenters. The minimum Gasteiger partial charge on any atom is -0.486 e. The molecule has 17 heavy (non-hydrogen) atoms. The lowest BCUT2D eigenvalue weighted by Crippen LogP contribution is -1.94. The van der Waals surface area contributed by atoms with E-state index in [1.54, 1.807) is 6.92 Å². The van der Waals surface area contributed by atoms with E-state index in [-0.39, 0.29) is 0 Å². The average molecular weight is 249 g/mol. The van der Waals surface area contributed by atoms with E-state index in [2.05, 4.69) is 4.98 Å². The number of aliphatic hydroxyl groups is 1. The van der Waals surface area contributed by atoms with Gasteiger partial charge in [-0.05, 0) is 26.0 Å². The van der Waals surface area contributed by atoms with Gasteiger partial charge in [0.15, 0.2) is 0 Å². The molecule has 2 aromatic rings. The Morgan fingerprint density at radius 3 is 2.65 bits per heavy atom. The summed E-state index contributed by atoms with van der Waals surface area (Å²) in [5.41, 5.74) is 0.886. The highest BCUT2D eigenvalue weighted by Crippen LogP contribution is 2.25. The second kappa shape index (κ2) is 5.29. The molecule has 0 saturated heterocycles. The Morgan fingerprint density at radius 2 is 2.06 bits per heavy atom. The third-order valence-electron chi connectivity index (χ3n) is 2.36. The van der Waals surface area contributed by atoms with E-state index in [1.807, 2.05) is 37.3 Å². The molecule has 0 radical (unpaired) electrons. The first-order valence-corrected chi connectivity index (χ1v) is 6.30. The summed E-state index contributed by atoms with van der Waals surface area (Å²) in [7, 11) is 0. The van der Waals surface area contributed by atoms with Crippen LogP contribution in [0.15, 0.2) is 30.3 Å². The number of thiazole rings is 1. The van der Waals surface area contributed by atoms with Crippen LogP contribution in [0.1, 0.15) is 28.6 Å². The number of hydrogen-bond donors (Lipinski definition) is 1. The molecule has 0 bridgehead atoms. The zero-order valence-corrected chi connectivity index (χ0v) is 10.7. The van der Waals surface area contributed by atoms with E-state index in [0.717, 1.165) is 21.3 Å². The van der Waals surface area contributed by atoms with Crippen LogP contribution in [0.4, 0.5) is 0 Å². The minimum absolute atomic E-state index is 0.447. The van der Waals surface area contributed by atoms with Gasteiger partial charge in [0.25, 0.3) is 0 Å². The summed E-state index contributed by atoms with van der Waals surface area (Å²) in [6.07, 6.45) is -0.460. The monoisotopic (exact) mass is 249 g/mol. The molecule has 2 rings (SSSR count). The third kappa shape index (κ3) is 3.05. The van der Waals surface area contributed by atoms with Crippen molar-refractivity contribution in [3.05, 3.63) is 45.9 Å². The maximum atomic E-state index is 9.53. The van der Waals surface area contributed by atoms with Crippen molar-refractivity contribution in [1.82, 2.24) is 4.98 Å². The van der Waals surface area contributed by atoms with Crippen molar-refractivity contribution in [1.29, 1.82) is 0 Å². The Balaban J connectivity index is 2.02. The van der Waals surface area contributed by atoms with Crippen LogP contribution in [-0.2, 0) is 6.61 Å². The number of ether oxygens (including phenoxy) is 1. The lowest BCUT2D eigenvalue weighted by molar-refractivity contribution is 0.202. The summed E-state index contributed by atoms with van der Waals surface area (Å²) < 4.78 is 5.61. The fraction of sp³-hybridized carbons (Fsp3) is 0.308. The Morgan fingerprint density at radius 1 is 1.35 bits per heavy atom. The number of nitrogens with zero attached hydrogens (tertiary/aromatic N) is 1. The molecule has 0 aliphatic carbocycles. The molecule has 1 heterocycles. The number of para-hydroxylation sites is 1. The maximum Gasteiger partial charge on any atom is 0.140 e. The van der Waals surface area contributed by atoms with Gasteiger partial charge >= 0.3 is 0 Å². The summed E-state index contributed by atoms with van der Waals surface area (Å²) in [5.74, 6) is 0.832. The zero-order chi connectivity index (χ0) is 12.3. The molecule has 0 saturated carbocycles. The molecule has 0 aliphatic rings. The molecule has 0 aliphatic heterocycles. The molecule has 1 N–H and O–H groups in total. The summed E-state index contributed by atoms with van der Waals surface area (Å²) in [4.78, 5) is 5.29. The van der Waals surface area contributed by atoms with Crippen molar-refractivity contribution >= 4 is 11.3 Å². The summed E-state index contributed by atoms with van der Waals surface area (Å²) in [6.45, 7) is 4.11. The summed E-state index contributed by atoms with van der Waals surface area (Å²) in [6, 6.07) is 9.64. The Labute approximate surface area is 105 Å². The second-order valence-electron chi connectivity index (χ2n) is 3.83. The standard InChI is InChI=1S/C13H15NO2S/c1-9-13(10(2)15)17-12(14-9)8-16-11-6-4-3-5-7-11/h3-7,10,15H,8H2,1-2H3. The summed E-state index contributed by atoms with van der Waals surface area (Å²) in [5, 5.41) is 10.4. The quantitative estimate of drug-likeness (QED) is 0.905. The van der Waals surface area contributed by atoms with Gasteiger partial charge in [0.2, 0.25) is 0 Å². The van der Waals surface area contributed by atoms with Crippen molar-refractivity contribution in [3.63, 3.8) is 0 Å². The van der Waals surface area contributed by atoms with Crippen LogP contribution in [0, 0.1) is 6.92 Å². The lowest BCUT2D eigenvalue weighted by atomic mass is 10.3. The highest BCUT2D eigenvalue weighted by Gasteiger charge is 2.12. The lowest BCUT2D eigenvalue weighted by Gasteiger charge is -2.02. The van der Waals surface area contributed by atoms with E-state index in [1.165, 1.54) is 11.3 Å². The average Bonchev–Trinajstić information content (AvgIpc) is 2.69. The topological polar surface area (TPSA) is 42.4 Å². The minimum atomic E-state index is -0.460. The van der Waals surface area contributed by atoms with E-state index in [9.17, 15) is 5.11 Å². The first kappa shape index (κ1) is 12.1. The van der Waals surface area contributed by atoms with Gasteiger partial charge in [-0.2, -0.15) is 0 Å². The van der Waals surface area contributed by atoms with E-state index in [4.69, 9.17) is 4.74 Å². The fourth-order valence-electron chi connectivity index (χ4n) is 1.58. The molecular weight excluding hydrogens is 234 g/mol. The number of hydrogen-bond acceptors (Lipinski definition) is 4. The predicted octanol–water partition coefficient (Wildman–Crippen LogP) is 3.08. The zero-order valence-electron chi connectivity index (χ0n) is 9.88. The van der Waals surface area contributed by atoms with Crippen LogP contribution in [0.25, 0.3) is 0 Å². The molecule has 0 fully saturated rings. The highest BCUT2D eigenvalue weighted by molar-refractivity contribution is 7.11. The van der Waals surface area contributed by atoms with Crippen molar-refractivity contribution < 1.29 is 9.84 Å². The molecule has 0 spiro atoms. The van der Waals surface area contributed by atoms with Crippen molar-refractivity contribution in [2.24, 2.45) is 0 Å². The molecular formula is C13H15NO2S. The van der Waals surface area contributed by atoms with E-state index < -0.39 is 6.10 Å². The van der Waals surface area contributed by atoms with Gasteiger partial charge < -0.3 is 9.84 Å². The maximum absolute atomic E-state index is 9.53. The molecule has 90 valence electrons. The van der Waals surface area contributed by atoms with Gasteiger partial charge in [-0.25, -0.2) is 4.98 Å². The van der Waals surface area contributed by atoms with Crippen LogP contribution in [0.5, 0.6) is 5.75 Å². The van der Waals surface area contributed by atoms with Gasteiger partial charge in [-0.15, -0.1) is 11.3 Å². The van der Waals surface area contributed by atoms with Gasteiger partial charge in [0, 0.05) is 0 Å². The highest BCUT2D eigenvalue weighted by atomic mass is 32.1. The van der Waals surface area contributed by atoms with Crippen molar-refractivity contribution in [2.75, 3.05) is 0 Å². The first-order valence-electron chi connectivity index (χ1n) is 5.49. The van der Waals surface area contributed by atoms with Crippen LogP contribution < -0.4 is 4.74 Å². The predicted molar refractivity (Wildman–Crippen MR) is 68.3 cm³/mol. The van der Waals surface area contributed by atoms with Crippen LogP contribution in [0.2, 0.25) is 0 Å². The van der Waals surface area contributed by atoms with Crippen molar-refractivity contribution in [3.8, 4) is 5.75 Å². The number of aliphatic hydroxyl groups excluding tert-OH is 1. The second-order valence-corrected chi connectivity index (χ2v) is 4.95. The van der Waals surface area contributed by atoms with Crippen molar-refractivity contribution in [2.45, 2.75) is 26.6 Å². The Hall–Kier alpha value is -1.39. The van der Waals surface area contributed by atoms with Gasteiger partial charge in [0.05, 0.1) is 16.7 Å². The SMILES string of the molecule is Cc1nc(COc2ccccc2)sc1C(C)O. The normalized spacial score (nSPS) is 12.4. The fourth-order valence-corrected chi connectivity index (χ4v) is 2.50. The Kier molecular flexibility index (Phi) is 3.76. The number of aromatic nitrogens is 1. The van der Waals surface area contributed by atoms with E-state index >= 15 is 0 Å². The molecule has 1 unspecified atom stereocenters. The summed E-state index contributed by atoms with van der Waals surface area (Å²) >= 11 is 1.50. The molecule has 3 nitrogen and oxygen atoms in total.